The van der Waals surface area contributed by atoms with E-state index in [2.05, 4.69) is 0 Å². The Kier molecular flexibility index (Phi) is 3.90. The molecular weight excluding hydrogens is 230 g/mol. The van der Waals surface area contributed by atoms with Crippen LogP contribution < -0.4 is 5.73 Å². The summed E-state index contributed by atoms with van der Waals surface area (Å²) in [4.78, 5) is 27.1. The van der Waals surface area contributed by atoms with Gasteiger partial charge in [0.05, 0.1) is 0 Å². The van der Waals surface area contributed by atoms with E-state index in [0.29, 0.717) is 39.1 Å². The van der Waals surface area contributed by atoms with Gasteiger partial charge in [0.25, 0.3) is 0 Å². The molecule has 1 aliphatic heterocycles. The number of piperazine rings is 1. The first kappa shape index (κ1) is 13.3. The summed E-state index contributed by atoms with van der Waals surface area (Å²) in [5, 5.41) is 0. The van der Waals surface area contributed by atoms with Crippen molar-refractivity contribution in [3.05, 3.63) is 0 Å². The fraction of sp³-hybridized carbons (Fsp3) is 0.846. The maximum atomic E-state index is 12.2. The third-order valence-corrected chi connectivity index (χ3v) is 4.45. The molecule has 2 rings (SSSR count). The van der Waals surface area contributed by atoms with Crippen molar-refractivity contribution in [2.75, 3.05) is 32.7 Å². The van der Waals surface area contributed by atoms with Crippen molar-refractivity contribution in [3.63, 3.8) is 0 Å². The average molecular weight is 253 g/mol. The Bertz CT molecular complexity index is 326. The number of amides is 2. The zero-order valence-electron chi connectivity index (χ0n) is 11.2. The SMILES string of the molecule is CC(=O)N1CCN(C(=O)CC2(CN)CCC2)CC1. The topological polar surface area (TPSA) is 66.6 Å². The summed E-state index contributed by atoms with van der Waals surface area (Å²) >= 11 is 0. The molecule has 0 unspecified atom stereocenters. The monoisotopic (exact) mass is 253 g/mol. The van der Waals surface area contributed by atoms with E-state index in [9.17, 15) is 9.59 Å². The Balaban J connectivity index is 1.82. The number of nitrogens with two attached hydrogens (primary N) is 1. The van der Waals surface area contributed by atoms with Crippen LogP contribution in [0.3, 0.4) is 0 Å². The molecular formula is C13H23N3O2. The second-order valence-corrected chi connectivity index (χ2v) is 5.62. The second kappa shape index (κ2) is 5.26. The standard InChI is InChI=1S/C13H23N3O2/c1-11(17)15-5-7-16(8-6-15)12(18)9-13(10-14)3-2-4-13/h2-10,14H2,1H3. The molecule has 0 aromatic carbocycles. The van der Waals surface area contributed by atoms with Gasteiger partial charge in [0.15, 0.2) is 0 Å². The minimum absolute atomic E-state index is 0.0782. The first-order valence-corrected chi connectivity index (χ1v) is 6.80. The van der Waals surface area contributed by atoms with Crippen LogP contribution in [0, 0.1) is 5.41 Å². The number of carbonyl (C=O) groups is 2. The summed E-state index contributed by atoms with van der Waals surface area (Å²) in [6.45, 7) is 4.85. The summed E-state index contributed by atoms with van der Waals surface area (Å²) in [5.74, 6) is 0.308. The van der Waals surface area contributed by atoms with Gasteiger partial charge >= 0.3 is 0 Å². The fourth-order valence-corrected chi connectivity index (χ4v) is 2.83. The van der Waals surface area contributed by atoms with Gasteiger partial charge in [0.2, 0.25) is 11.8 Å². The van der Waals surface area contributed by atoms with Crippen LogP contribution in [0.15, 0.2) is 0 Å². The van der Waals surface area contributed by atoms with Crippen LogP contribution in [0.1, 0.15) is 32.6 Å². The molecule has 2 fully saturated rings. The lowest BCUT2D eigenvalue weighted by Crippen LogP contribution is -2.52. The predicted molar refractivity (Wildman–Crippen MR) is 68.8 cm³/mol. The van der Waals surface area contributed by atoms with E-state index in [1.54, 1.807) is 11.8 Å². The highest BCUT2D eigenvalue weighted by atomic mass is 16.2. The van der Waals surface area contributed by atoms with Gasteiger partial charge in [0.1, 0.15) is 0 Å². The van der Waals surface area contributed by atoms with Gasteiger partial charge in [-0.3, -0.25) is 9.59 Å². The molecule has 1 saturated carbocycles. The molecule has 1 aliphatic carbocycles. The molecule has 18 heavy (non-hydrogen) atoms. The molecule has 0 radical (unpaired) electrons. The number of nitrogens with zero attached hydrogens (tertiary/aromatic N) is 2. The van der Waals surface area contributed by atoms with E-state index in [4.69, 9.17) is 5.73 Å². The molecule has 0 aromatic heterocycles. The van der Waals surface area contributed by atoms with Crippen molar-refractivity contribution in [1.82, 2.24) is 9.80 Å². The summed E-state index contributed by atoms with van der Waals surface area (Å²) < 4.78 is 0. The third kappa shape index (κ3) is 2.66. The van der Waals surface area contributed by atoms with E-state index in [-0.39, 0.29) is 17.2 Å². The Morgan fingerprint density at radius 2 is 1.67 bits per heavy atom. The molecule has 1 saturated heterocycles. The van der Waals surface area contributed by atoms with Crippen LogP contribution in [0.4, 0.5) is 0 Å². The van der Waals surface area contributed by atoms with Gasteiger partial charge in [-0.25, -0.2) is 0 Å². The summed E-state index contributed by atoms with van der Waals surface area (Å²) in [6.07, 6.45) is 3.96. The summed E-state index contributed by atoms with van der Waals surface area (Å²) in [7, 11) is 0. The van der Waals surface area contributed by atoms with Gasteiger partial charge < -0.3 is 15.5 Å². The molecule has 0 spiro atoms. The first-order valence-electron chi connectivity index (χ1n) is 6.80. The van der Waals surface area contributed by atoms with E-state index in [1.807, 2.05) is 4.90 Å². The molecule has 2 amide bonds. The number of hydrogen-bond acceptors (Lipinski definition) is 3. The molecule has 5 heteroatoms. The van der Waals surface area contributed by atoms with Crippen molar-refractivity contribution in [2.24, 2.45) is 11.1 Å². The first-order chi connectivity index (χ1) is 8.56. The maximum Gasteiger partial charge on any atom is 0.223 e. The van der Waals surface area contributed by atoms with E-state index in [0.717, 1.165) is 12.8 Å². The largest absolute Gasteiger partial charge is 0.339 e. The Morgan fingerprint density at radius 1 is 1.11 bits per heavy atom. The van der Waals surface area contributed by atoms with Crippen molar-refractivity contribution in [1.29, 1.82) is 0 Å². The Hall–Kier alpha value is -1.10. The lowest BCUT2D eigenvalue weighted by molar-refractivity contribution is -0.141. The van der Waals surface area contributed by atoms with E-state index in [1.165, 1.54) is 6.42 Å². The smallest absolute Gasteiger partial charge is 0.223 e. The molecule has 5 nitrogen and oxygen atoms in total. The molecule has 2 aliphatic rings. The van der Waals surface area contributed by atoms with Crippen LogP contribution >= 0.6 is 0 Å². The van der Waals surface area contributed by atoms with Crippen LogP contribution in [-0.4, -0.2) is 54.3 Å². The summed E-state index contributed by atoms with van der Waals surface area (Å²) in [6, 6.07) is 0. The van der Waals surface area contributed by atoms with Gasteiger partial charge in [-0.15, -0.1) is 0 Å². The zero-order chi connectivity index (χ0) is 13.2. The molecule has 0 bridgehead atoms. The van der Waals surface area contributed by atoms with Crippen LogP contribution in [-0.2, 0) is 9.59 Å². The van der Waals surface area contributed by atoms with Crippen LogP contribution in [0.5, 0.6) is 0 Å². The maximum absolute atomic E-state index is 12.2. The van der Waals surface area contributed by atoms with Crippen molar-refractivity contribution >= 4 is 11.8 Å². The van der Waals surface area contributed by atoms with E-state index >= 15 is 0 Å². The number of rotatable bonds is 3. The molecule has 2 N–H and O–H groups in total. The average Bonchev–Trinajstić information content (AvgIpc) is 2.33. The van der Waals surface area contributed by atoms with Crippen molar-refractivity contribution < 1.29 is 9.59 Å². The minimum atomic E-state index is 0.0782. The number of hydrogen-bond donors (Lipinski definition) is 1. The number of carbonyl (C=O) groups excluding carboxylic acids is 2. The van der Waals surface area contributed by atoms with Gasteiger partial charge in [-0.2, -0.15) is 0 Å². The van der Waals surface area contributed by atoms with Crippen molar-refractivity contribution in [2.45, 2.75) is 32.6 Å². The predicted octanol–water partition coefficient (Wildman–Crippen LogP) is 0.196. The normalized spacial score (nSPS) is 22.6. The Labute approximate surface area is 108 Å². The van der Waals surface area contributed by atoms with Gasteiger partial charge in [-0.1, -0.05) is 6.42 Å². The highest BCUT2D eigenvalue weighted by Crippen LogP contribution is 2.43. The van der Waals surface area contributed by atoms with E-state index < -0.39 is 0 Å². The lowest BCUT2D eigenvalue weighted by Gasteiger charge is -2.42. The third-order valence-electron chi connectivity index (χ3n) is 4.45. The van der Waals surface area contributed by atoms with Crippen LogP contribution in [0.25, 0.3) is 0 Å². The van der Waals surface area contributed by atoms with Gasteiger partial charge in [-0.05, 0) is 24.8 Å². The molecule has 102 valence electrons. The van der Waals surface area contributed by atoms with Gasteiger partial charge in [0, 0.05) is 39.5 Å². The minimum Gasteiger partial charge on any atom is -0.339 e. The van der Waals surface area contributed by atoms with Crippen molar-refractivity contribution in [3.8, 4) is 0 Å². The Morgan fingerprint density at radius 3 is 2.06 bits per heavy atom. The highest BCUT2D eigenvalue weighted by molar-refractivity contribution is 5.78. The fourth-order valence-electron chi connectivity index (χ4n) is 2.83. The second-order valence-electron chi connectivity index (χ2n) is 5.62. The zero-order valence-corrected chi connectivity index (χ0v) is 11.2. The quantitative estimate of drug-likeness (QED) is 0.781. The lowest BCUT2D eigenvalue weighted by atomic mass is 9.66. The van der Waals surface area contributed by atoms with Crippen LogP contribution in [0.2, 0.25) is 0 Å². The summed E-state index contributed by atoms with van der Waals surface area (Å²) in [5.41, 5.74) is 5.86. The highest BCUT2D eigenvalue weighted by Gasteiger charge is 2.39. The molecule has 1 heterocycles. The molecule has 0 aromatic rings. The molecule has 0 atom stereocenters.